The molecule has 112 valence electrons. The largest absolute Gasteiger partial charge is 0.490 e. The Morgan fingerprint density at radius 3 is 2.60 bits per heavy atom. The van der Waals surface area contributed by atoms with Crippen molar-refractivity contribution in [1.82, 2.24) is 0 Å². The lowest BCUT2D eigenvalue weighted by molar-refractivity contribution is 0.155. The molecule has 1 nitrogen and oxygen atoms in total. The predicted octanol–water partition coefficient (Wildman–Crippen LogP) is 5.91. The van der Waals surface area contributed by atoms with Gasteiger partial charge in [-0.2, -0.15) is 0 Å². The number of hydrogen-bond donors (Lipinski definition) is 0. The summed E-state index contributed by atoms with van der Waals surface area (Å²) in [5.41, 5.74) is 1.44. The van der Waals surface area contributed by atoms with Gasteiger partial charge in [-0.15, -0.1) is 0 Å². The third kappa shape index (κ3) is 5.56. The molecule has 0 unspecified atom stereocenters. The van der Waals surface area contributed by atoms with E-state index in [0.29, 0.717) is 6.10 Å². The van der Waals surface area contributed by atoms with Crippen molar-refractivity contribution in [3.8, 4) is 5.75 Å². The first-order valence-electron chi connectivity index (χ1n) is 8.64. The normalized spacial score (nSPS) is 16.2. The van der Waals surface area contributed by atoms with E-state index in [0.717, 1.165) is 5.75 Å². The molecule has 0 aliphatic heterocycles. The molecule has 1 fully saturated rings. The molecule has 2 rings (SSSR count). The first kappa shape index (κ1) is 15.4. The van der Waals surface area contributed by atoms with Crippen LogP contribution in [0.4, 0.5) is 0 Å². The molecule has 1 aliphatic rings. The van der Waals surface area contributed by atoms with Crippen LogP contribution in [0.3, 0.4) is 0 Å². The van der Waals surface area contributed by atoms with Crippen LogP contribution >= 0.6 is 0 Å². The van der Waals surface area contributed by atoms with Crippen molar-refractivity contribution in [3.63, 3.8) is 0 Å². The van der Waals surface area contributed by atoms with Crippen molar-refractivity contribution < 1.29 is 4.74 Å². The molecule has 0 amide bonds. The topological polar surface area (TPSA) is 9.23 Å². The fourth-order valence-corrected chi connectivity index (χ4v) is 3.08. The minimum absolute atomic E-state index is 0.462. The van der Waals surface area contributed by atoms with Gasteiger partial charge in [-0.3, -0.25) is 0 Å². The van der Waals surface area contributed by atoms with E-state index in [-0.39, 0.29) is 0 Å². The Morgan fingerprint density at radius 2 is 1.80 bits per heavy atom. The zero-order valence-corrected chi connectivity index (χ0v) is 13.1. The quantitative estimate of drug-likeness (QED) is 0.535. The van der Waals surface area contributed by atoms with Crippen LogP contribution in [0.1, 0.15) is 76.7 Å². The molecule has 0 radical (unpaired) electrons. The molecule has 1 aromatic carbocycles. The Hall–Kier alpha value is -0.980. The SMILES string of the molecule is CCCCCCCc1cccc(OC2CCCCC2)c1. The molecule has 1 saturated carbocycles. The van der Waals surface area contributed by atoms with Gasteiger partial charge >= 0.3 is 0 Å². The van der Waals surface area contributed by atoms with Crippen LogP contribution in [0.25, 0.3) is 0 Å². The molecule has 0 N–H and O–H groups in total. The van der Waals surface area contributed by atoms with Crippen molar-refractivity contribution in [3.05, 3.63) is 29.8 Å². The minimum Gasteiger partial charge on any atom is -0.490 e. The van der Waals surface area contributed by atoms with Gasteiger partial charge in [-0.25, -0.2) is 0 Å². The van der Waals surface area contributed by atoms with E-state index in [9.17, 15) is 0 Å². The highest BCUT2D eigenvalue weighted by Gasteiger charge is 2.14. The van der Waals surface area contributed by atoms with Crippen LogP contribution in [0.15, 0.2) is 24.3 Å². The van der Waals surface area contributed by atoms with Gasteiger partial charge < -0.3 is 4.74 Å². The highest BCUT2D eigenvalue weighted by molar-refractivity contribution is 5.28. The summed E-state index contributed by atoms with van der Waals surface area (Å²) >= 11 is 0. The summed E-state index contributed by atoms with van der Waals surface area (Å²) in [6, 6.07) is 8.77. The van der Waals surface area contributed by atoms with E-state index in [1.807, 2.05) is 0 Å². The molecular weight excluding hydrogens is 244 g/mol. The molecular formula is C19H30O. The van der Waals surface area contributed by atoms with Gasteiger partial charge in [0.25, 0.3) is 0 Å². The summed E-state index contributed by atoms with van der Waals surface area (Å²) in [6.07, 6.45) is 15.0. The Labute approximate surface area is 124 Å². The zero-order chi connectivity index (χ0) is 14.0. The molecule has 0 heterocycles. The summed E-state index contributed by atoms with van der Waals surface area (Å²) < 4.78 is 6.14. The fraction of sp³-hybridized carbons (Fsp3) is 0.684. The van der Waals surface area contributed by atoms with E-state index < -0.39 is 0 Å². The number of aryl methyl sites for hydroxylation is 1. The van der Waals surface area contributed by atoms with Crippen LogP contribution in [0.5, 0.6) is 5.75 Å². The molecule has 0 saturated heterocycles. The van der Waals surface area contributed by atoms with Crippen LogP contribution < -0.4 is 4.74 Å². The summed E-state index contributed by atoms with van der Waals surface area (Å²) in [5.74, 6) is 1.09. The lowest BCUT2D eigenvalue weighted by Crippen LogP contribution is -2.19. The molecule has 0 aromatic heterocycles. The van der Waals surface area contributed by atoms with E-state index in [4.69, 9.17) is 4.74 Å². The summed E-state index contributed by atoms with van der Waals surface area (Å²) in [7, 11) is 0. The van der Waals surface area contributed by atoms with Crippen molar-refractivity contribution in [2.75, 3.05) is 0 Å². The number of rotatable bonds is 8. The summed E-state index contributed by atoms with van der Waals surface area (Å²) in [4.78, 5) is 0. The lowest BCUT2D eigenvalue weighted by atomic mass is 9.98. The van der Waals surface area contributed by atoms with E-state index in [1.54, 1.807) is 0 Å². The first-order chi connectivity index (χ1) is 9.88. The fourth-order valence-electron chi connectivity index (χ4n) is 3.08. The molecule has 1 heteroatoms. The Balaban J connectivity index is 1.75. The second-order valence-corrected chi connectivity index (χ2v) is 6.19. The van der Waals surface area contributed by atoms with Gasteiger partial charge in [-0.1, -0.05) is 51.2 Å². The number of benzene rings is 1. The number of hydrogen-bond acceptors (Lipinski definition) is 1. The Bertz CT molecular complexity index is 366. The Morgan fingerprint density at radius 1 is 1.00 bits per heavy atom. The van der Waals surface area contributed by atoms with E-state index in [2.05, 4.69) is 31.2 Å². The number of unbranched alkanes of at least 4 members (excludes halogenated alkanes) is 4. The average Bonchev–Trinajstić information content (AvgIpc) is 2.48. The monoisotopic (exact) mass is 274 g/mol. The van der Waals surface area contributed by atoms with Crippen LogP contribution in [0.2, 0.25) is 0 Å². The minimum atomic E-state index is 0.462. The van der Waals surface area contributed by atoms with Crippen LogP contribution in [0, 0.1) is 0 Å². The van der Waals surface area contributed by atoms with E-state index in [1.165, 1.54) is 76.2 Å². The highest BCUT2D eigenvalue weighted by atomic mass is 16.5. The predicted molar refractivity (Wildman–Crippen MR) is 86.4 cm³/mol. The van der Waals surface area contributed by atoms with Crippen molar-refractivity contribution in [2.45, 2.75) is 83.7 Å². The van der Waals surface area contributed by atoms with Gasteiger partial charge in [0.1, 0.15) is 5.75 Å². The van der Waals surface area contributed by atoms with Gasteiger partial charge in [-0.05, 0) is 56.2 Å². The molecule has 20 heavy (non-hydrogen) atoms. The maximum absolute atomic E-state index is 6.14. The second kappa shape index (κ2) is 9.05. The summed E-state index contributed by atoms with van der Waals surface area (Å²) in [6.45, 7) is 2.27. The van der Waals surface area contributed by atoms with Crippen molar-refractivity contribution >= 4 is 0 Å². The van der Waals surface area contributed by atoms with Crippen molar-refractivity contribution in [2.24, 2.45) is 0 Å². The van der Waals surface area contributed by atoms with Crippen LogP contribution in [-0.2, 0) is 6.42 Å². The third-order valence-electron chi connectivity index (χ3n) is 4.32. The van der Waals surface area contributed by atoms with E-state index >= 15 is 0 Å². The summed E-state index contributed by atoms with van der Waals surface area (Å²) in [5, 5.41) is 0. The molecule has 1 aromatic rings. The molecule has 0 atom stereocenters. The highest BCUT2D eigenvalue weighted by Crippen LogP contribution is 2.24. The van der Waals surface area contributed by atoms with Gasteiger partial charge in [0, 0.05) is 0 Å². The molecule has 0 bridgehead atoms. The van der Waals surface area contributed by atoms with Gasteiger partial charge in [0.2, 0.25) is 0 Å². The third-order valence-corrected chi connectivity index (χ3v) is 4.32. The number of ether oxygens (including phenoxy) is 1. The van der Waals surface area contributed by atoms with Crippen molar-refractivity contribution in [1.29, 1.82) is 0 Å². The van der Waals surface area contributed by atoms with Gasteiger partial charge in [0.05, 0.1) is 6.10 Å². The smallest absolute Gasteiger partial charge is 0.119 e. The molecule has 0 spiro atoms. The van der Waals surface area contributed by atoms with Gasteiger partial charge in [0.15, 0.2) is 0 Å². The zero-order valence-electron chi connectivity index (χ0n) is 13.1. The first-order valence-corrected chi connectivity index (χ1v) is 8.64. The maximum Gasteiger partial charge on any atom is 0.119 e. The Kier molecular flexibility index (Phi) is 6.97. The second-order valence-electron chi connectivity index (χ2n) is 6.19. The van der Waals surface area contributed by atoms with Crippen LogP contribution in [-0.4, -0.2) is 6.10 Å². The standard InChI is InChI=1S/C19H30O/c1-2-3-4-5-7-11-17-12-10-15-19(16-17)20-18-13-8-6-9-14-18/h10,12,15-16,18H,2-9,11,13-14H2,1H3. The average molecular weight is 274 g/mol. The lowest BCUT2D eigenvalue weighted by Gasteiger charge is -2.23. The molecule has 1 aliphatic carbocycles. The maximum atomic E-state index is 6.14.